The largest absolute Gasteiger partial charge is 0.494 e. The number of methoxy groups -OCH3 is 1. The van der Waals surface area contributed by atoms with Gasteiger partial charge in [-0.15, -0.1) is 0 Å². The van der Waals surface area contributed by atoms with E-state index in [1.807, 2.05) is 38.7 Å². The number of hydrogen-bond donors (Lipinski definition) is 2. The van der Waals surface area contributed by atoms with E-state index < -0.39 is 7.49 Å². The molecule has 4 rings (SSSR count). The van der Waals surface area contributed by atoms with Gasteiger partial charge in [-0.1, -0.05) is 25.4 Å². The monoisotopic (exact) mass is 491 g/mol. The highest BCUT2D eigenvalue weighted by molar-refractivity contribution is 7.69. The van der Waals surface area contributed by atoms with Crippen molar-refractivity contribution in [3.8, 4) is 5.75 Å². The third-order valence-electron chi connectivity index (χ3n) is 5.70. The average molecular weight is 492 g/mol. The molecule has 0 unspecified atom stereocenters. The Morgan fingerprint density at radius 1 is 1.24 bits per heavy atom. The van der Waals surface area contributed by atoms with Gasteiger partial charge in [0.1, 0.15) is 42.2 Å². The molecule has 3 heterocycles. The number of nitrogens with zero attached hydrogens (tertiary/aromatic N) is 5. The third-order valence-corrected chi connectivity index (χ3v) is 8.32. The Kier molecular flexibility index (Phi) is 6.66. The molecular formula is C22H29ClN6O3P+. The molecule has 9 nitrogen and oxygen atoms in total. The number of rotatable bonds is 6. The summed E-state index contributed by atoms with van der Waals surface area (Å²) in [4.78, 5) is 27.5. The van der Waals surface area contributed by atoms with Crippen molar-refractivity contribution in [1.29, 1.82) is 0 Å². The van der Waals surface area contributed by atoms with Crippen LogP contribution < -0.4 is 20.3 Å². The quantitative estimate of drug-likeness (QED) is 0.474. The smallest absolute Gasteiger partial charge is 0.309 e. The number of nitrogen functional groups attached to an aromatic ring is 1. The lowest BCUT2D eigenvalue weighted by molar-refractivity contribution is 0.414. The van der Waals surface area contributed by atoms with Crippen LogP contribution in [-0.4, -0.2) is 59.0 Å². The van der Waals surface area contributed by atoms with Crippen LogP contribution in [0.1, 0.15) is 25.5 Å². The van der Waals surface area contributed by atoms with E-state index in [4.69, 9.17) is 26.5 Å². The second-order valence-corrected chi connectivity index (χ2v) is 12.5. The first-order chi connectivity index (χ1) is 15.7. The number of oxazole rings is 1. The van der Waals surface area contributed by atoms with Crippen LogP contribution in [0, 0.1) is 0 Å². The summed E-state index contributed by atoms with van der Waals surface area (Å²) >= 11 is 6.06. The van der Waals surface area contributed by atoms with E-state index >= 15 is 0 Å². The molecule has 0 aliphatic carbocycles. The molecule has 1 saturated heterocycles. The van der Waals surface area contributed by atoms with Crippen molar-refractivity contribution in [1.82, 2.24) is 15.0 Å². The van der Waals surface area contributed by atoms with Crippen molar-refractivity contribution in [2.45, 2.75) is 19.8 Å². The lowest BCUT2D eigenvalue weighted by atomic mass is 10.2. The van der Waals surface area contributed by atoms with Crippen LogP contribution in [0.5, 0.6) is 5.75 Å². The fraction of sp³-hybridized carbons (Fsp3) is 0.409. The molecule has 1 fully saturated rings. The zero-order valence-corrected chi connectivity index (χ0v) is 20.8. The molecule has 0 radical (unpaired) electrons. The van der Waals surface area contributed by atoms with Gasteiger partial charge in [-0.05, 0) is 12.1 Å². The molecule has 2 aromatic heterocycles. The van der Waals surface area contributed by atoms with Crippen molar-refractivity contribution in [2.24, 2.45) is 0 Å². The zero-order valence-electron chi connectivity index (χ0n) is 19.2. The highest BCUT2D eigenvalue weighted by atomic mass is 35.5. The Morgan fingerprint density at radius 2 is 1.97 bits per heavy atom. The Bertz CT molecular complexity index is 1130. The van der Waals surface area contributed by atoms with Crippen LogP contribution in [0.3, 0.4) is 0 Å². The number of hydrogen-bond acceptors (Lipinski definition) is 9. The van der Waals surface area contributed by atoms with E-state index in [9.17, 15) is 4.89 Å². The highest BCUT2D eigenvalue weighted by Gasteiger charge is 2.35. The van der Waals surface area contributed by atoms with Gasteiger partial charge in [-0.3, -0.25) is 4.89 Å². The van der Waals surface area contributed by atoms with Crippen molar-refractivity contribution in [2.75, 3.05) is 54.7 Å². The maximum absolute atomic E-state index is 10.4. The Morgan fingerprint density at radius 3 is 2.58 bits per heavy atom. The molecule has 0 spiro atoms. The van der Waals surface area contributed by atoms with E-state index in [1.165, 1.54) is 6.20 Å². The first kappa shape index (κ1) is 23.5. The van der Waals surface area contributed by atoms with E-state index in [0.717, 1.165) is 36.9 Å². The van der Waals surface area contributed by atoms with Gasteiger partial charge in [0.05, 0.1) is 44.9 Å². The highest BCUT2D eigenvalue weighted by Crippen LogP contribution is 2.52. The predicted molar refractivity (Wildman–Crippen MR) is 134 cm³/mol. The summed E-state index contributed by atoms with van der Waals surface area (Å²) in [7, 11) is -0.164. The van der Waals surface area contributed by atoms with E-state index in [0.29, 0.717) is 17.5 Å². The Balaban J connectivity index is 1.76. The average Bonchev–Trinajstić information content (AvgIpc) is 3.27. The minimum Gasteiger partial charge on any atom is -0.494 e. The van der Waals surface area contributed by atoms with Gasteiger partial charge < -0.3 is 19.8 Å². The van der Waals surface area contributed by atoms with Gasteiger partial charge >= 0.3 is 6.01 Å². The number of aromatic nitrogens is 3. The number of benzene rings is 1. The van der Waals surface area contributed by atoms with Crippen LogP contribution in [0.2, 0.25) is 5.02 Å². The summed E-state index contributed by atoms with van der Waals surface area (Å²) in [6.07, 6.45) is 4.77. The molecule has 0 bridgehead atoms. The standard InChI is InChI=1S/C22H29ClN6O3P/c1-14(2)19-13-26-22(32-19)29(21-25-12-16(23)20(24)27-21)17-6-5-15(11-18(17)31-3)28-7-9-33(4,30)10-8-28/h5-6,11-14,30H,7-10H2,1-4H3,(H2,24,25,27)/q+1. The summed E-state index contributed by atoms with van der Waals surface area (Å²) in [6.45, 7) is 7.66. The van der Waals surface area contributed by atoms with Crippen molar-refractivity contribution in [3.05, 3.63) is 41.4 Å². The van der Waals surface area contributed by atoms with Crippen LogP contribution >= 0.6 is 19.1 Å². The Labute approximate surface area is 199 Å². The lowest BCUT2D eigenvalue weighted by Crippen LogP contribution is -2.36. The topological polar surface area (TPSA) is 114 Å². The van der Waals surface area contributed by atoms with E-state index in [2.05, 4.69) is 19.9 Å². The summed E-state index contributed by atoms with van der Waals surface area (Å²) < 4.78 is 11.8. The lowest BCUT2D eigenvalue weighted by Gasteiger charge is -2.32. The van der Waals surface area contributed by atoms with Crippen molar-refractivity contribution >= 4 is 48.2 Å². The van der Waals surface area contributed by atoms with E-state index in [-0.39, 0.29) is 22.7 Å². The van der Waals surface area contributed by atoms with E-state index in [1.54, 1.807) is 18.2 Å². The first-order valence-corrected chi connectivity index (χ1v) is 13.7. The fourth-order valence-corrected chi connectivity index (χ4v) is 5.28. The molecule has 1 aliphatic rings. The van der Waals surface area contributed by atoms with Gasteiger partial charge in [0.25, 0.3) is 0 Å². The molecule has 0 saturated carbocycles. The normalized spacial score (nSPS) is 15.7. The van der Waals surface area contributed by atoms with Gasteiger partial charge in [0, 0.05) is 17.7 Å². The van der Waals surface area contributed by atoms with Gasteiger partial charge in [0.2, 0.25) is 5.95 Å². The summed E-state index contributed by atoms with van der Waals surface area (Å²) in [5.74, 6) is 1.91. The fourth-order valence-electron chi connectivity index (χ4n) is 3.62. The molecule has 1 aromatic carbocycles. The second-order valence-electron chi connectivity index (χ2n) is 8.57. The van der Waals surface area contributed by atoms with Crippen LogP contribution in [0.4, 0.5) is 29.2 Å². The maximum Gasteiger partial charge on any atom is 0.309 e. The number of halogens is 1. The van der Waals surface area contributed by atoms with Crippen molar-refractivity contribution < 1.29 is 14.0 Å². The first-order valence-electron chi connectivity index (χ1n) is 10.7. The maximum atomic E-state index is 10.4. The zero-order chi connectivity index (χ0) is 23.8. The number of anilines is 5. The second kappa shape index (κ2) is 9.33. The van der Waals surface area contributed by atoms with Gasteiger partial charge in [-0.2, -0.15) is 4.98 Å². The van der Waals surface area contributed by atoms with Crippen molar-refractivity contribution in [3.63, 3.8) is 0 Å². The predicted octanol–water partition coefficient (Wildman–Crippen LogP) is 4.68. The molecule has 0 amide bonds. The van der Waals surface area contributed by atoms with Crippen LogP contribution in [-0.2, 0) is 0 Å². The SMILES string of the molecule is COc1cc(N2CC[P+](C)(O)CC2)ccc1N(c1ncc(Cl)c(N)n1)c1ncc(C(C)C)o1. The molecule has 3 aromatic rings. The summed E-state index contributed by atoms with van der Waals surface area (Å²) in [5, 5.41) is 0.264. The minimum absolute atomic E-state index is 0.154. The van der Waals surface area contributed by atoms with Crippen LogP contribution in [0.25, 0.3) is 0 Å². The van der Waals surface area contributed by atoms with Gasteiger partial charge in [0.15, 0.2) is 0 Å². The summed E-state index contributed by atoms with van der Waals surface area (Å²) in [6, 6.07) is 6.19. The molecule has 1 aliphatic heterocycles. The summed E-state index contributed by atoms with van der Waals surface area (Å²) in [5.41, 5.74) is 7.63. The molecular weight excluding hydrogens is 463 g/mol. The number of nitrogens with two attached hydrogens (primary N) is 1. The van der Waals surface area contributed by atoms with Crippen LogP contribution in [0.15, 0.2) is 35.0 Å². The molecule has 0 atom stereocenters. The minimum atomic E-state index is -1.77. The molecule has 3 N–H and O–H groups in total. The number of ether oxygens (including phenoxy) is 1. The Hall–Kier alpha value is -2.61. The molecule has 11 heteroatoms. The van der Waals surface area contributed by atoms with Gasteiger partial charge in [-0.25, -0.2) is 14.9 Å². The molecule has 176 valence electrons. The molecule has 33 heavy (non-hydrogen) atoms. The third kappa shape index (κ3) is 5.00.